The van der Waals surface area contributed by atoms with Gasteiger partial charge in [0.2, 0.25) is 0 Å². The molecule has 1 fully saturated rings. The largest absolute Gasteiger partial charge is 0.339 e. The smallest absolute Gasteiger partial charge is 0.178 e. The molecule has 0 bridgehead atoms. The van der Waals surface area contributed by atoms with Crippen LogP contribution in [0.4, 0.5) is 0 Å². The van der Waals surface area contributed by atoms with E-state index in [2.05, 4.69) is 42.9 Å². The highest BCUT2D eigenvalue weighted by Crippen LogP contribution is 2.22. The summed E-state index contributed by atoms with van der Waals surface area (Å²) in [5, 5.41) is 3.43. The molecule has 0 aliphatic carbocycles. The number of halogens is 1. The molecule has 1 atom stereocenters. The van der Waals surface area contributed by atoms with Gasteiger partial charge in [-0.3, -0.25) is 0 Å². The van der Waals surface area contributed by atoms with Crippen LogP contribution < -0.4 is 5.32 Å². The summed E-state index contributed by atoms with van der Waals surface area (Å²) in [6.45, 7) is 1.09. The average molecular weight is 314 g/mol. The molecule has 5 heteroatoms. The predicted octanol–water partition coefficient (Wildman–Crippen LogP) is 1.99. The van der Waals surface area contributed by atoms with Crippen molar-refractivity contribution in [3.63, 3.8) is 0 Å². The molecule has 15 heavy (non-hydrogen) atoms. The summed E-state index contributed by atoms with van der Waals surface area (Å²) in [4.78, 5) is 12.2. The van der Waals surface area contributed by atoms with Crippen molar-refractivity contribution in [2.24, 2.45) is 0 Å². The zero-order chi connectivity index (χ0) is 10.3. The Bertz CT molecular complexity index is 487. The Hall–Kier alpha value is -0.690. The van der Waals surface area contributed by atoms with Crippen molar-refractivity contribution < 1.29 is 0 Å². The average Bonchev–Trinajstić information content (AvgIpc) is 2.84. The number of imidazole rings is 1. The van der Waals surface area contributed by atoms with E-state index in [1.54, 1.807) is 0 Å². The number of nitrogens with one attached hydrogen (secondary N) is 2. The quantitative estimate of drug-likeness (QED) is 0.625. The Morgan fingerprint density at radius 2 is 2.27 bits per heavy atom. The molecule has 0 spiro atoms. The van der Waals surface area contributed by atoms with Gasteiger partial charge in [0.05, 0.1) is 11.6 Å². The van der Waals surface area contributed by atoms with E-state index >= 15 is 0 Å². The Kier molecular flexibility index (Phi) is 2.36. The van der Waals surface area contributed by atoms with E-state index in [0.29, 0.717) is 6.04 Å². The third-order valence-corrected chi connectivity index (χ3v) is 3.32. The maximum absolute atomic E-state index is 4.52. The maximum atomic E-state index is 4.52. The first-order valence-corrected chi connectivity index (χ1v) is 6.16. The molecule has 3 heterocycles. The van der Waals surface area contributed by atoms with Gasteiger partial charge >= 0.3 is 0 Å². The van der Waals surface area contributed by atoms with Crippen LogP contribution in [0.2, 0.25) is 0 Å². The number of H-pyrrole nitrogens is 1. The topological polar surface area (TPSA) is 53.6 Å². The van der Waals surface area contributed by atoms with Crippen LogP contribution >= 0.6 is 22.6 Å². The van der Waals surface area contributed by atoms with Crippen LogP contribution in [0.25, 0.3) is 11.2 Å². The number of rotatable bonds is 1. The number of pyridine rings is 1. The third-order valence-electron chi connectivity index (χ3n) is 2.72. The molecule has 1 aliphatic heterocycles. The Labute approximate surface area is 101 Å². The van der Waals surface area contributed by atoms with Crippen LogP contribution in [0, 0.1) is 3.70 Å². The fourth-order valence-electron chi connectivity index (χ4n) is 1.97. The second kappa shape index (κ2) is 3.71. The molecular weight excluding hydrogens is 303 g/mol. The summed E-state index contributed by atoms with van der Waals surface area (Å²) in [5.74, 6) is 1.03. The number of hydrogen-bond acceptors (Lipinski definition) is 3. The molecule has 1 unspecified atom stereocenters. The first-order chi connectivity index (χ1) is 7.33. The van der Waals surface area contributed by atoms with Gasteiger partial charge in [-0.05, 0) is 54.1 Å². The SMILES string of the molecule is Ic1ccc2[nH]c(C3CCCN3)nc2n1. The lowest BCUT2D eigenvalue weighted by molar-refractivity contribution is 0.614. The van der Waals surface area contributed by atoms with Gasteiger partial charge in [-0.15, -0.1) is 0 Å². The Morgan fingerprint density at radius 1 is 1.33 bits per heavy atom. The van der Waals surface area contributed by atoms with Crippen LogP contribution in [0.1, 0.15) is 24.7 Å². The number of aromatic nitrogens is 3. The summed E-state index contributed by atoms with van der Waals surface area (Å²) in [7, 11) is 0. The van der Waals surface area contributed by atoms with Crippen molar-refractivity contribution in [1.29, 1.82) is 0 Å². The molecule has 2 aromatic heterocycles. The summed E-state index contributed by atoms with van der Waals surface area (Å²) in [6, 6.07) is 4.42. The van der Waals surface area contributed by atoms with Crippen LogP contribution in [0.15, 0.2) is 12.1 Å². The summed E-state index contributed by atoms with van der Waals surface area (Å²) >= 11 is 2.20. The molecule has 0 saturated carbocycles. The van der Waals surface area contributed by atoms with Gasteiger partial charge in [0.1, 0.15) is 9.53 Å². The number of aromatic amines is 1. The summed E-state index contributed by atoms with van der Waals surface area (Å²) < 4.78 is 0.984. The molecule has 2 aromatic rings. The van der Waals surface area contributed by atoms with Gasteiger partial charge in [0, 0.05) is 0 Å². The number of nitrogens with zero attached hydrogens (tertiary/aromatic N) is 2. The first-order valence-electron chi connectivity index (χ1n) is 5.08. The minimum Gasteiger partial charge on any atom is -0.339 e. The van der Waals surface area contributed by atoms with Crippen LogP contribution in [-0.4, -0.2) is 21.5 Å². The molecule has 3 rings (SSSR count). The highest BCUT2D eigenvalue weighted by atomic mass is 127. The molecule has 4 nitrogen and oxygen atoms in total. The molecule has 0 aromatic carbocycles. The lowest BCUT2D eigenvalue weighted by Crippen LogP contribution is -2.14. The van der Waals surface area contributed by atoms with E-state index in [4.69, 9.17) is 0 Å². The monoisotopic (exact) mass is 314 g/mol. The highest BCUT2D eigenvalue weighted by Gasteiger charge is 2.19. The fourth-order valence-corrected chi connectivity index (χ4v) is 2.38. The lowest BCUT2D eigenvalue weighted by Gasteiger charge is -2.04. The van der Waals surface area contributed by atoms with E-state index in [0.717, 1.165) is 33.7 Å². The van der Waals surface area contributed by atoms with Crippen LogP contribution in [0.3, 0.4) is 0 Å². The fraction of sp³-hybridized carbons (Fsp3) is 0.400. The molecule has 2 N–H and O–H groups in total. The second-order valence-corrected chi connectivity index (χ2v) is 4.88. The zero-order valence-corrected chi connectivity index (χ0v) is 10.3. The lowest BCUT2D eigenvalue weighted by atomic mass is 10.2. The van der Waals surface area contributed by atoms with E-state index in [-0.39, 0.29) is 0 Å². The molecule has 1 saturated heterocycles. The number of fused-ring (bicyclic) bond motifs is 1. The van der Waals surface area contributed by atoms with Crippen molar-refractivity contribution in [3.8, 4) is 0 Å². The van der Waals surface area contributed by atoms with E-state index < -0.39 is 0 Å². The molecule has 78 valence electrons. The standard InChI is InChI=1S/C10H11IN4/c11-8-4-3-7-10(14-8)15-9(13-7)6-2-1-5-12-6/h3-4,6,12H,1-2,5H2,(H,13,14,15). The zero-order valence-electron chi connectivity index (χ0n) is 8.13. The number of hydrogen-bond donors (Lipinski definition) is 2. The normalized spacial score (nSPS) is 21.3. The predicted molar refractivity (Wildman–Crippen MR) is 66.6 cm³/mol. The Morgan fingerprint density at radius 3 is 3.07 bits per heavy atom. The minimum absolute atomic E-state index is 0.386. The molecule has 1 aliphatic rings. The van der Waals surface area contributed by atoms with E-state index in [1.165, 1.54) is 6.42 Å². The van der Waals surface area contributed by atoms with Gasteiger partial charge in [-0.1, -0.05) is 0 Å². The molecular formula is C10H11IN4. The van der Waals surface area contributed by atoms with Crippen molar-refractivity contribution >= 4 is 33.8 Å². The van der Waals surface area contributed by atoms with Gasteiger partial charge in [-0.25, -0.2) is 9.97 Å². The molecule has 0 radical (unpaired) electrons. The second-order valence-electron chi connectivity index (χ2n) is 3.78. The third kappa shape index (κ3) is 1.74. The van der Waals surface area contributed by atoms with E-state index in [9.17, 15) is 0 Å². The van der Waals surface area contributed by atoms with Crippen molar-refractivity contribution in [1.82, 2.24) is 20.3 Å². The molecule has 0 amide bonds. The van der Waals surface area contributed by atoms with Crippen LogP contribution in [0.5, 0.6) is 0 Å². The maximum Gasteiger partial charge on any atom is 0.178 e. The minimum atomic E-state index is 0.386. The van der Waals surface area contributed by atoms with Crippen molar-refractivity contribution in [2.45, 2.75) is 18.9 Å². The van der Waals surface area contributed by atoms with Gasteiger partial charge < -0.3 is 10.3 Å². The van der Waals surface area contributed by atoms with Gasteiger partial charge in [0.25, 0.3) is 0 Å². The van der Waals surface area contributed by atoms with Gasteiger partial charge in [0.15, 0.2) is 5.65 Å². The van der Waals surface area contributed by atoms with Crippen molar-refractivity contribution in [2.75, 3.05) is 6.54 Å². The van der Waals surface area contributed by atoms with E-state index in [1.807, 2.05) is 12.1 Å². The highest BCUT2D eigenvalue weighted by molar-refractivity contribution is 14.1. The summed E-state index contributed by atoms with van der Waals surface area (Å²) in [6.07, 6.45) is 2.39. The Balaban J connectivity index is 2.05. The summed E-state index contributed by atoms with van der Waals surface area (Å²) in [5.41, 5.74) is 1.85. The van der Waals surface area contributed by atoms with Crippen LogP contribution in [-0.2, 0) is 0 Å². The van der Waals surface area contributed by atoms with Crippen molar-refractivity contribution in [3.05, 3.63) is 21.7 Å². The first kappa shape index (κ1) is 9.53. The van der Waals surface area contributed by atoms with Gasteiger partial charge in [-0.2, -0.15) is 0 Å².